The van der Waals surface area contributed by atoms with E-state index in [4.69, 9.17) is 0 Å². The zero-order chi connectivity index (χ0) is 13.2. The topological polar surface area (TPSA) is 15.3 Å². The molecule has 1 fully saturated rings. The number of anilines is 1. The van der Waals surface area contributed by atoms with Gasteiger partial charge in [-0.15, -0.1) is 0 Å². The molecular formula is C16H26N2. The minimum Gasteiger partial charge on any atom is -0.366 e. The van der Waals surface area contributed by atoms with E-state index in [0.29, 0.717) is 11.6 Å². The molecule has 0 aliphatic carbocycles. The van der Waals surface area contributed by atoms with Crippen molar-refractivity contribution < 1.29 is 0 Å². The summed E-state index contributed by atoms with van der Waals surface area (Å²) in [6.45, 7) is 11.3. The first-order chi connectivity index (χ1) is 8.54. The van der Waals surface area contributed by atoms with Crippen molar-refractivity contribution in [1.29, 1.82) is 0 Å². The van der Waals surface area contributed by atoms with Crippen LogP contribution in [0.4, 0.5) is 5.69 Å². The summed E-state index contributed by atoms with van der Waals surface area (Å²) in [7, 11) is 0. The lowest BCUT2D eigenvalue weighted by Crippen LogP contribution is -2.38. The van der Waals surface area contributed by atoms with Gasteiger partial charge in [0, 0.05) is 23.8 Å². The van der Waals surface area contributed by atoms with E-state index < -0.39 is 0 Å². The number of hydrogen-bond donors (Lipinski definition) is 1. The second-order valence-electron chi connectivity index (χ2n) is 5.94. The molecule has 0 aromatic heterocycles. The van der Waals surface area contributed by atoms with Crippen molar-refractivity contribution in [1.82, 2.24) is 5.32 Å². The highest BCUT2D eigenvalue weighted by Crippen LogP contribution is 2.33. The Morgan fingerprint density at radius 1 is 1.28 bits per heavy atom. The maximum Gasteiger partial charge on any atom is 0.0370 e. The molecule has 2 nitrogen and oxygen atoms in total. The third kappa shape index (κ3) is 2.69. The summed E-state index contributed by atoms with van der Waals surface area (Å²) in [5.41, 5.74) is 3.05. The molecule has 1 aromatic rings. The predicted octanol–water partition coefficient (Wildman–Crippen LogP) is 3.74. The van der Waals surface area contributed by atoms with E-state index in [2.05, 4.69) is 62.2 Å². The van der Waals surface area contributed by atoms with E-state index in [1.807, 2.05) is 0 Å². The van der Waals surface area contributed by atoms with Gasteiger partial charge in [0.05, 0.1) is 0 Å². The molecule has 0 radical (unpaired) electrons. The fraction of sp³-hybridized carbons (Fsp3) is 0.625. The van der Waals surface area contributed by atoms with Gasteiger partial charge in [-0.2, -0.15) is 0 Å². The maximum atomic E-state index is 3.45. The molecule has 0 saturated carbocycles. The number of nitrogens with one attached hydrogen (secondary N) is 1. The van der Waals surface area contributed by atoms with Crippen molar-refractivity contribution in [3.8, 4) is 0 Å². The molecular weight excluding hydrogens is 220 g/mol. The van der Waals surface area contributed by atoms with Crippen molar-refractivity contribution in [3.63, 3.8) is 0 Å². The Balaban J connectivity index is 2.12. The Morgan fingerprint density at radius 2 is 1.94 bits per heavy atom. The summed E-state index contributed by atoms with van der Waals surface area (Å²) in [4.78, 5) is 2.54. The van der Waals surface area contributed by atoms with E-state index >= 15 is 0 Å². The molecule has 1 N–H and O–H groups in total. The average molecular weight is 246 g/mol. The summed E-state index contributed by atoms with van der Waals surface area (Å²) < 4.78 is 0. The Hall–Kier alpha value is -1.02. The van der Waals surface area contributed by atoms with E-state index in [1.165, 1.54) is 30.6 Å². The van der Waals surface area contributed by atoms with Crippen LogP contribution in [0.15, 0.2) is 24.3 Å². The Bertz CT molecular complexity index is 381. The third-order valence-electron chi connectivity index (χ3n) is 4.12. The van der Waals surface area contributed by atoms with E-state index in [9.17, 15) is 0 Å². The summed E-state index contributed by atoms with van der Waals surface area (Å²) in [6.07, 6.45) is 2.60. The number of benzene rings is 1. The van der Waals surface area contributed by atoms with Gasteiger partial charge in [0.1, 0.15) is 0 Å². The van der Waals surface area contributed by atoms with Crippen molar-refractivity contribution >= 4 is 5.69 Å². The van der Waals surface area contributed by atoms with E-state index in [0.717, 1.165) is 6.54 Å². The standard InChI is InChI=1S/C16H26N2/c1-5-17-13(2)14-7-9-15(10-8-14)18-12-6-11-16(18,3)4/h7-10,13,17H,5-6,11-12H2,1-4H3. The van der Waals surface area contributed by atoms with Crippen LogP contribution in [0.1, 0.15) is 52.1 Å². The molecule has 18 heavy (non-hydrogen) atoms. The average Bonchev–Trinajstić information content (AvgIpc) is 2.69. The largest absolute Gasteiger partial charge is 0.366 e. The Morgan fingerprint density at radius 3 is 2.44 bits per heavy atom. The molecule has 1 aliphatic rings. The third-order valence-corrected chi connectivity index (χ3v) is 4.12. The Kier molecular flexibility index (Phi) is 3.96. The van der Waals surface area contributed by atoms with Gasteiger partial charge in [-0.05, 0) is 57.9 Å². The fourth-order valence-corrected chi connectivity index (χ4v) is 2.95. The molecule has 1 unspecified atom stereocenters. The molecule has 0 bridgehead atoms. The van der Waals surface area contributed by atoms with Crippen LogP contribution >= 0.6 is 0 Å². The van der Waals surface area contributed by atoms with E-state index in [-0.39, 0.29) is 0 Å². The minimum atomic E-state index is 0.314. The lowest BCUT2D eigenvalue weighted by atomic mass is 10.0. The van der Waals surface area contributed by atoms with Crippen molar-refractivity contribution in [2.45, 2.75) is 52.1 Å². The first-order valence-electron chi connectivity index (χ1n) is 7.15. The lowest BCUT2D eigenvalue weighted by molar-refractivity contribution is 0.518. The van der Waals surface area contributed by atoms with Crippen LogP contribution in [-0.2, 0) is 0 Å². The second kappa shape index (κ2) is 5.31. The lowest BCUT2D eigenvalue weighted by Gasteiger charge is -2.34. The quantitative estimate of drug-likeness (QED) is 0.870. The summed E-state index contributed by atoms with van der Waals surface area (Å²) in [5.74, 6) is 0. The summed E-state index contributed by atoms with van der Waals surface area (Å²) >= 11 is 0. The molecule has 2 rings (SSSR count). The van der Waals surface area contributed by atoms with Crippen LogP contribution in [-0.4, -0.2) is 18.6 Å². The van der Waals surface area contributed by atoms with Gasteiger partial charge in [0.15, 0.2) is 0 Å². The van der Waals surface area contributed by atoms with Crippen molar-refractivity contribution in [2.75, 3.05) is 18.0 Å². The van der Waals surface area contributed by atoms with Crippen LogP contribution < -0.4 is 10.2 Å². The monoisotopic (exact) mass is 246 g/mol. The van der Waals surface area contributed by atoms with Crippen LogP contribution in [0.3, 0.4) is 0 Å². The molecule has 1 saturated heterocycles. The van der Waals surface area contributed by atoms with Crippen molar-refractivity contribution in [2.24, 2.45) is 0 Å². The first-order valence-corrected chi connectivity index (χ1v) is 7.15. The van der Waals surface area contributed by atoms with Crippen LogP contribution in [0, 0.1) is 0 Å². The molecule has 1 aromatic carbocycles. The van der Waals surface area contributed by atoms with E-state index in [1.54, 1.807) is 0 Å². The predicted molar refractivity (Wildman–Crippen MR) is 79.2 cm³/mol. The van der Waals surface area contributed by atoms with Gasteiger partial charge in [-0.25, -0.2) is 0 Å². The molecule has 1 heterocycles. The maximum absolute atomic E-state index is 3.45. The van der Waals surface area contributed by atoms with Crippen molar-refractivity contribution in [3.05, 3.63) is 29.8 Å². The Labute approximate surface area is 111 Å². The van der Waals surface area contributed by atoms with Crippen LogP contribution in [0.2, 0.25) is 0 Å². The van der Waals surface area contributed by atoms with Gasteiger partial charge in [0.25, 0.3) is 0 Å². The fourth-order valence-electron chi connectivity index (χ4n) is 2.95. The molecule has 100 valence electrons. The molecule has 0 spiro atoms. The zero-order valence-corrected chi connectivity index (χ0v) is 12.2. The van der Waals surface area contributed by atoms with Crippen LogP contribution in [0.25, 0.3) is 0 Å². The first kappa shape index (κ1) is 13.4. The smallest absolute Gasteiger partial charge is 0.0370 e. The molecule has 0 amide bonds. The highest BCUT2D eigenvalue weighted by Gasteiger charge is 2.31. The van der Waals surface area contributed by atoms with Gasteiger partial charge in [-0.1, -0.05) is 19.1 Å². The van der Waals surface area contributed by atoms with Gasteiger partial charge < -0.3 is 10.2 Å². The number of rotatable bonds is 4. The highest BCUT2D eigenvalue weighted by molar-refractivity contribution is 5.51. The second-order valence-corrected chi connectivity index (χ2v) is 5.94. The van der Waals surface area contributed by atoms with Crippen LogP contribution in [0.5, 0.6) is 0 Å². The minimum absolute atomic E-state index is 0.314. The molecule has 1 atom stereocenters. The normalized spacial score (nSPS) is 20.1. The molecule has 1 aliphatic heterocycles. The zero-order valence-electron chi connectivity index (χ0n) is 12.2. The van der Waals surface area contributed by atoms with Gasteiger partial charge in [-0.3, -0.25) is 0 Å². The summed E-state index contributed by atoms with van der Waals surface area (Å²) in [6, 6.07) is 9.51. The number of nitrogens with zero attached hydrogens (tertiary/aromatic N) is 1. The SMILES string of the molecule is CCNC(C)c1ccc(N2CCCC2(C)C)cc1. The highest BCUT2D eigenvalue weighted by atomic mass is 15.2. The van der Waals surface area contributed by atoms with Gasteiger partial charge >= 0.3 is 0 Å². The number of hydrogen-bond acceptors (Lipinski definition) is 2. The molecule has 2 heteroatoms. The van der Waals surface area contributed by atoms with Gasteiger partial charge in [0.2, 0.25) is 0 Å². The summed E-state index contributed by atoms with van der Waals surface area (Å²) in [5, 5.41) is 3.45.